The van der Waals surface area contributed by atoms with E-state index in [4.69, 9.17) is 0 Å². The van der Waals surface area contributed by atoms with Crippen molar-refractivity contribution >= 4 is 5.95 Å². The van der Waals surface area contributed by atoms with E-state index in [1.165, 1.54) is 25.9 Å². The van der Waals surface area contributed by atoms with E-state index in [2.05, 4.69) is 39.6 Å². The molecule has 0 saturated carbocycles. The Bertz CT molecular complexity index is 375. The summed E-state index contributed by atoms with van der Waals surface area (Å²) in [4.78, 5) is 6.92. The lowest BCUT2D eigenvalue weighted by atomic mass is 10.1. The minimum atomic E-state index is 0.583. The average Bonchev–Trinajstić information content (AvgIpc) is 2.69. The average molecular weight is 234 g/mol. The van der Waals surface area contributed by atoms with Crippen LogP contribution in [0, 0.1) is 6.92 Å². The van der Waals surface area contributed by atoms with Gasteiger partial charge in [0.1, 0.15) is 0 Å². The van der Waals surface area contributed by atoms with Crippen molar-refractivity contribution in [2.24, 2.45) is 0 Å². The molecule has 4 nitrogen and oxygen atoms in total. The van der Waals surface area contributed by atoms with Gasteiger partial charge in [0.05, 0.1) is 5.69 Å². The van der Waals surface area contributed by atoms with Crippen molar-refractivity contribution in [3.05, 3.63) is 24.5 Å². The van der Waals surface area contributed by atoms with Gasteiger partial charge in [0, 0.05) is 18.8 Å². The summed E-state index contributed by atoms with van der Waals surface area (Å²) in [5.74, 6) is 0.983. The molecule has 1 fully saturated rings. The van der Waals surface area contributed by atoms with Crippen molar-refractivity contribution in [1.29, 1.82) is 0 Å². The van der Waals surface area contributed by atoms with Crippen LogP contribution in [0.1, 0.15) is 24.6 Å². The van der Waals surface area contributed by atoms with E-state index in [1.807, 2.05) is 13.0 Å². The molecule has 0 unspecified atom stereocenters. The zero-order valence-electron chi connectivity index (χ0n) is 10.8. The minimum Gasteiger partial charge on any atom is -0.352 e. The fourth-order valence-corrected chi connectivity index (χ4v) is 2.36. The summed E-state index contributed by atoms with van der Waals surface area (Å²) < 4.78 is 2.30. The molecule has 1 N–H and O–H groups in total. The lowest BCUT2D eigenvalue weighted by molar-refractivity contribution is 0.222. The predicted molar refractivity (Wildman–Crippen MR) is 71.4 cm³/mol. The quantitative estimate of drug-likeness (QED) is 0.809. The molecule has 1 saturated heterocycles. The van der Waals surface area contributed by atoms with Gasteiger partial charge in [-0.05, 0) is 39.9 Å². The van der Waals surface area contributed by atoms with Crippen LogP contribution in [0.15, 0.2) is 18.9 Å². The first-order chi connectivity index (χ1) is 8.20. The first kappa shape index (κ1) is 12.2. The number of rotatable bonds is 4. The van der Waals surface area contributed by atoms with Crippen molar-refractivity contribution in [1.82, 2.24) is 14.5 Å². The number of aromatic nitrogens is 2. The number of nitrogens with one attached hydrogen (secondary N) is 1. The molecule has 1 aromatic rings. The summed E-state index contributed by atoms with van der Waals surface area (Å²) >= 11 is 0. The molecule has 1 aromatic heterocycles. The van der Waals surface area contributed by atoms with Crippen LogP contribution >= 0.6 is 0 Å². The third-order valence-corrected chi connectivity index (χ3v) is 3.34. The maximum absolute atomic E-state index is 4.53. The second kappa shape index (κ2) is 5.36. The third-order valence-electron chi connectivity index (χ3n) is 3.34. The molecule has 4 heteroatoms. The van der Waals surface area contributed by atoms with Gasteiger partial charge in [-0.3, -0.25) is 0 Å². The topological polar surface area (TPSA) is 33.1 Å². The number of hydrogen-bond acceptors (Lipinski definition) is 3. The first-order valence-electron chi connectivity index (χ1n) is 6.29. The van der Waals surface area contributed by atoms with E-state index in [0.29, 0.717) is 6.04 Å². The molecule has 1 aliphatic heterocycles. The van der Waals surface area contributed by atoms with Crippen molar-refractivity contribution < 1.29 is 0 Å². The van der Waals surface area contributed by atoms with E-state index in [0.717, 1.165) is 18.2 Å². The van der Waals surface area contributed by atoms with Gasteiger partial charge in [0.25, 0.3) is 0 Å². The Kier molecular flexibility index (Phi) is 3.84. The van der Waals surface area contributed by atoms with Crippen molar-refractivity contribution in [2.75, 3.05) is 32.0 Å². The maximum atomic E-state index is 4.53. The van der Waals surface area contributed by atoms with Crippen LogP contribution in [0.3, 0.4) is 0 Å². The Labute approximate surface area is 103 Å². The standard InChI is InChI=1S/C13H22N4/c1-4-7-14-13-15-11(2)10-17(13)12-5-8-16(3)9-6-12/h4,10,12H,1,5-9H2,2-3H3,(H,14,15). The van der Waals surface area contributed by atoms with Gasteiger partial charge < -0.3 is 14.8 Å². The van der Waals surface area contributed by atoms with Crippen LogP contribution < -0.4 is 5.32 Å². The Balaban J connectivity index is 2.10. The molecule has 2 heterocycles. The number of aryl methyl sites for hydroxylation is 1. The number of nitrogens with zero attached hydrogens (tertiary/aromatic N) is 3. The zero-order valence-corrected chi connectivity index (χ0v) is 10.8. The molecule has 0 radical (unpaired) electrons. The van der Waals surface area contributed by atoms with Gasteiger partial charge in [-0.15, -0.1) is 6.58 Å². The molecule has 17 heavy (non-hydrogen) atoms. The van der Waals surface area contributed by atoms with Crippen LogP contribution in [-0.2, 0) is 0 Å². The second-order valence-corrected chi connectivity index (χ2v) is 4.82. The van der Waals surface area contributed by atoms with E-state index >= 15 is 0 Å². The lowest BCUT2D eigenvalue weighted by Gasteiger charge is -2.30. The molecule has 0 bridgehead atoms. The SMILES string of the molecule is C=CCNc1nc(C)cn1C1CCN(C)CC1. The summed E-state index contributed by atoms with van der Waals surface area (Å²) in [6, 6.07) is 0.583. The van der Waals surface area contributed by atoms with Gasteiger partial charge in [-0.1, -0.05) is 6.08 Å². The third kappa shape index (κ3) is 2.88. The normalized spacial score (nSPS) is 18.2. The molecule has 0 spiro atoms. The van der Waals surface area contributed by atoms with Crippen molar-refractivity contribution in [3.8, 4) is 0 Å². The molecular weight excluding hydrogens is 212 g/mol. The summed E-state index contributed by atoms with van der Waals surface area (Å²) in [6.07, 6.45) is 6.43. The van der Waals surface area contributed by atoms with E-state index < -0.39 is 0 Å². The maximum Gasteiger partial charge on any atom is 0.203 e. The molecule has 2 rings (SSSR count). The minimum absolute atomic E-state index is 0.583. The molecule has 0 atom stereocenters. The predicted octanol–water partition coefficient (Wildman–Crippen LogP) is 2.06. The highest BCUT2D eigenvalue weighted by Crippen LogP contribution is 2.25. The molecule has 94 valence electrons. The molecule has 0 aromatic carbocycles. The summed E-state index contributed by atoms with van der Waals surface area (Å²) in [5.41, 5.74) is 1.08. The van der Waals surface area contributed by atoms with Crippen LogP contribution in [-0.4, -0.2) is 41.1 Å². The van der Waals surface area contributed by atoms with Crippen molar-refractivity contribution in [2.45, 2.75) is 25.8 Å². The van der Waals surface area contributed by atoms with Gasteiger partial charge >= 0.3 is 0 Å². The molecule has 0 amide bonds. The highest BCUT2D eigenvalue weighted by molar-refractivity contribution is 5.30. The van der Waals surface area contributed by atoms with Crippen molar-refractivity contribution in [3.63, 3.8) is 0 Å². The molecular formula is C13H22N4. The molecule has 1 aliphatic rings. The largest absolute Gasteiger partial charge is 0.352 e. The van der Waals surface area contributed by atoms with Gasteiger partial charge in [0.2, 0.25) is 5.95 Å². The van der Waals surface area contributed by atoms with Crippen LogP contribution in [0.2, 0.25) is 0 Å². The Morgan fingerprint density at radius 3 is 2.88 bits per heavy atom. The fraction of sp³-hybridized carbons (Fsp3) is 0.615. The van der Waals surface area contributed by atoms with Gasteiger partial charge in [-0.25, -0.2) is 4.98 Å². The smallest absolute Gasteiger partial charge is 0.203 e. The lowest BCUT2D eigenvalue weighted by Crippen LogP contribution is -2.31. The second-order valence-electron chi connectivity index (χ2n) is 4.82. The number of imidazole rings is 1. The fourth-order valence-electron chi connectivity index (χ4n) is 2.36. The Morgan fingerprint density at radius 2 is 2.24 bits per heavy atom. The van der Waals surface area contributed by atoms with E-state index in [1.54, 1.807) is 0 Å². The molecule has 0 aliphatic carbocycles. The van der Waals surface area contributed by atoms with Gasteiger partial charge in [-0.2, -0.15) is 0 Å². The number of likely N-dealkylation sites (tertiary alicyclic amines) is 1. The monoisotopic (exact) mass is 234 g/mol. The summed E-state index contributed by atoms with van der Waals surface area (Å²) in [5, 5.41) is 3.31. The summed E-state index contributed by atoms with van der Waals surface area (Å²) in [7, 11) is 2.19. The number of anilines is 1. The Morgan fingerprint density at radius 1 is 1.53 bits per heavy atom. The van der Waals surface area contributed by atoms with Crippen LogP contribution in [0.25, 0.3) is 0 Å². The first-order valence-corrected chi connectivity index (χ1v) is 6.29. The van der Waals surface area contributed by atoms with E-state index in [-0.39, 0.29) is 0 Å². The summed E-state index contributed by atoms with van der Waals surface area (Å²) in [6.45, 7) is 8.88. The zero-order chi connectivity index (χ0) is 12.3. The Hall–Kier alpha value is -1.29. The number of piperidine rings is 1. The number of hydrogen-bond donors (Lipinski definition) is 1. The van der Waals surface area contributed by atoms with Crippen LogP contribution in [0.5, 0.6) is 0 Å². The van der Waals surface area contributed by atoms with Crippen LogP contribution in [0.4, 0.5) is 5.95 Å². The van der Waals surface area contributed by atoms with Gasteiger partial charge in [0.15, 0.2) is 0 Å². The highest BCUT2D eigenvalue weighted by atomic mass is 15.2. The highest BCUT2D eigenvalue weighted by Gasteiger charge is 2.20. The van der Waals surface area contributed by atoms with E-state index in [9.17, 15) is 0 Å².